The van der Waals surface area contributed by atoms with Gasteiger partial charge in [-0.3, -0.25) is 14.5 Å². The number of halogens is 2. The molecule has 0 spiro atoms. The second kappa shape index (κ2) is 12.5. The number of nitrogens with zero attached hydrogens (tertiary/aromatic N) is 1. The summed E-state index contributed by atoms with van der Waals surface area (Å²) in [5.41, 5.74) is 2.07. The minimum Gasteiger partial charge on any atom is -0.481 e. The van der Waals surface area contributed by atoms with Crippen LogP contribution < -0.4 is 5.32 Å². The van der Waals surface area contributed by atoms with Gasteiger partial charge in [-0.15, -0.1) is 11.8 Å². The van der Waals surface area contributed by atoms with Crippen molar-refractivity contribution in [1.29, 1.82) is 0 Å². The van der Waals surface area contributed by atoms with Crippen molar-refractivity contribution in [1.82, 2.24) is 10.2 Å². The third kappa shape index (κ3) is 8.30. The second-order valence-electron chi connectivity index (χ2n) is 7.61. The Morgan fingerprint density at radius 3 is 2.59 bits per heavy atom. The van der Waals surface area contributed by atoms with E-state index in [1.807, 2.05) is 36.4 Å². The zero-order valence-corrected chi connectivity index (χ0v) is 19.9. The molecule has 0 aromatic heterocycles. The maximum absolute atomic E-state index is 12.3. The lowest BCUT2D eigenvalue weighted by Crippen LogP contribution is -2.47. The van der Waals surface area contributed by atoms with Gasteiger partial charge in [0.15, 0.2) is 0 Å². The van der Waals surface area contributed by atoms with Gasteiger partial charge in [-0.1, -0.05) is 41.4 Å². The zero-order valence-electron chi connectivity index (χ0n) is 17.6. The number of morpholine rings is 1. The highest BCUT2D eigenvalue weighted by Gasteiger charge is 2.21. The number of nitrogens with one attached hydrogen (secondary N) is 1. The summed E-state index contributed by atoms with van der Waals surface area (Å²) in [7, 11) is 0. The number of carbonyl (C=O) groups is 2. The summed E-state index contributed by atoms with van der Waals surface area (Å²) in [6.45, 7) is 3.38. The molecule has 1 saturated heterocycles. The van der Waals surface area contributed by atoms with Gasteiger partial charge in [0.05, 0.1) is 28.5 Å². The fourth-order valence-corrected chi connectivity index (χ4v) is 4.42. The first kappa shape index (κ1) is 24.9. The van der Waals surface area contributed by atoms with Crippen LogP contribution in [-0.4, -0.2) is 60.0 Å². The second-order valence-corrected chi connectivity index (χ2v) is 9.47. The van der Waals surface area contributed by atoms with E-state index >= 15 is 0 Å². The van der Waals surface area contributed by atoms with E-state index in [2.05, 4.69) is 10.2 Å². The lowest BCUT2D eigenvalue weighted by Gasteiger charge is -2.33. The molecule has 1 heterocycles. The Morgan fingerprint density at radius 2 is 1.88 bits per heavy atom. The number of aryl methyl sites for hydroxylation is 1. The van der Waals surface area contributed by atoms with Gasteiger partial charge in [0.2, 0.25) is 5.91 Å². The average molecular weight is 497 g/mol. The van der Waals surface area contributed by atoms with Gasteiger partial charge >= 0.3 is 5.97 Å². The molecule has 2 N–H and O–H groups in total. The Morgan fingerprint density at radius 1 is 1.12 bits per heavy atom. The van der Waals surface area contributed by atoms with Gasteiger partial charge in [0, 0.05) is 37.5 Å². The van der Waals surface area contributed by atoms with Crippen LogP contribution >= 0.6 is 35.0 Å². The van der Waals surface area contributed by atoms with Gasteiger partial charge in [0.1, 0.15) is 0 Å². The number of carboxylic acid groups (broad SMARTS) is 1. The van der Waals surface area contributed by atoms with E-state index in [-0.39, 0.29) is 18.4 Å². The number of aliphatic carboxylic acids is 1. The van der Waals surface area contributed by atoms with Crippen molar-refractivity contribution < 1.29 is 19.4 Å². The first-order valence-electron chi connectivity index (χ1n) is 10.4. The van der Waals surface area contributed by atoms with Crippen molar-refractivity contribution in [2.45, 2.75) is 30.4 Å². The van der Waals surface area contributed by atoms with Crippen LogP contribution in [0.1, 0.15) is 17.5 Å². The van der Waals surface area contributed by atoms with E-state index < -0.39 is 5.97 Å². The minimum atomic E-state index is -0.806. The van der Waals surface area contributed by atoms with Crippen molar-refractivity contribution in [2.75, 3.05) is 32.0 Å². The molecule has 9 heteroatoms. The number of ether oxygens (including phenoxy) is 1. The Bertz CT molecular complexity index is 927. The molecule has 0 aliphatic carbocycles. The van der Waals surface area contributed by atoms with Crippen LogP contribution in [-0.2, 0) is 27.3 Å². The summed E-state index contributed by atoms with van der Waals surface area (Å²) < 4.78 is 5.80. The number of amides is 1. The molecule has 2 aromatic rings. The van der Waals surface area contributed by atoms with Crippen LogP contribution in [0.25, 0.3) is 0 Å². The summed E-state index contributed by atoms with van der Waals surface area (Å²) >= 11 is 13.5. The molecule has 1 unspecified atom stereocenters. The Labute approximate surface area is 202 Å². The number of carboxylic acids is 1. The van der Waals surface area contributed by atoms with Gasteiger partial charge < -0.3 is 15.2 Å². The van der Waals surface area contributed by atoms with Gasteiger partial charge in [0.25, 0.3) is 0 Å². The van der Waals surface area contributed by atoms with E-state index in [1.165, 1.54) is 11.8 Å². The number of hydrogen-bond donors (Lipinski definition) is 2. The van der Waals surface area contributed by atoms with Crippen molar-refractivity contribution >= 4 is 46.8 Å². The molecule has 172 valence electrons. The van der Waals surface area contributed by atoms with Crippen molar-refractivity contribution in [3.05, 3.63) is 63.6 Å². The number of thioether (sulfide) groups is 1. The number of hydrogen-bond acceptors (Lipinski definition) is 5. The maximum atomic E-state index is 12.3. The first-order valence-corrected chi connectivity index (χ1v) is 12.1. The summed E-state index contributed by atoms with van der Waals surface area (Å²) in [6.07, 6.45) is 0.557. The molecule has 2 aromatic carbocycles. The van der Waals surface area contributed by atoms with E-state index in [9.17, 15) is 9.59 Å². The zero-order chi connectivity index (χ0) is 22.9. The monoisotopic (exact) mass is 496 g/mol. The summed E-state index contributed by atoms with van der Waals surface area (Å²) in [5.74, 6) is -0.538. The van der Waals surface area contributed by atoms with Crippen LogP contribution in [0.3, 0.4) is 0 Å². The van der Waals surface area contributed by atoms with Crippen molar-refractivity contribution in [2.24, 2.45) is 0 Å². The molecule has 0 radical (unpaired) electrons. The summed E-state index contributed by atoms with van der Waals surface area (Å²) in [5, 5.41) is 12.8. The quantitative estimate of drug-likeness (QED) is 0.481. The Balaban J connectivity index is 1.37. The van der Waals surface area contributed by atoms with E-state index in [4.69, 9.17) is 33.0 Å². The van der Waals surface area contributed by atoms with Gasteiger partial charge in [-0.2, -0.15) is 0 Å². The van der Waals surface area contributed by atoms with Crippen LogP contribution in [0.5, 0.6) is 0 Å². The normalized spacial score (nSPS) is 16.6. The predicted octanol–water partition coefficient (Wildman–Crippen LogP) is 4.12. The average Bonchev–Trinajstić information content (AvgIpc) is 2.78. The highest BCUT2D eigenvalue weighted by atomic mass is 35.5. The topological polar surface area (TPSA) is 78.9 Å². The molecule has 1 amide bonds. The fraction of sp³-hybridized carbons (Fsp3) is 0.391. The number of rotatable bonds is 10. The third-order valence-electron chi connectivity index (χ3n) is 5.06. The molecule has 1 aliphatic heterocycles. The molecule has 1 aliphatic rings. The lowest BCUT2D eigenvalue weighted by atomic mass is 10.1. The van der Waals surface area contributed by atoms with Crippen molar-refractivity contribution in [3.63, 3.8) is 0 Å². The molecule has 0 bridgehead atoms. The largest absolute Gasteiger partial charge is 0.481 e. The minimum absolute atomic E-state index is 0.0461. The van der Waals surface area contributed by atoms with Crippen LogP contribution in [0, 0.1) is 0 Å². The standard InChI is InChI=1S/C23H26Cl2N2O4S/c24-20-7-3-17(11-21(20)25)13-27-9-10-31-18(14-27)12-26-22(28)15-32-19-5-1-16(2-6-19)4-8-23(29)30/h1-3,5-7,11,18H,4,8-10,12-15H2,(H,26,28)(H,29,30). The third-order valence-corrected chi connectivity index (χ3v) is 6.81. The summed E-state index contributed by atoms with van der Waals surface area (Å²) in [4.78, 5) is 26.2. The summed E-state index contributed by atoms with van der Waals surface area (Å²) in [6, 6.07) is 13.3. The van der Waals surface area contributed by atoms with Crippen LogP contribution in [0.4, 0.5) is 0 Å². The van der Waals surface area contributed by atoms with E-state index in [0.29, 0.717) is 35.4 Å². The van der Waals surface area contributed by atoms with Gasteiger partial charge in [-0.25, -0.2) is 0 Å². The fourth-order valence-electron chi connectivity index (χ4n) is 3.37. The molecule has 0 saturated carbocycles. The van der Waals surface area contributed by atoms with Crippen LogP contribution in [0.2, 0.25) is 10.0 Å². The highest BCUT2D eigenvalue weighted by Crippen LogP contribution is 2.24. The Kier molecular flexibility index (Phi) is 9.69. The van der Waals surface area contributed by atoms with Gasteiger partial charge in [-0.05, 0) is 41.8 Å². The van der Waals surface area contributed by atoms with Crippen molar-refractivity contribution in [3.8, 4) is 0 Å². The first-order chi connectivity index (χ1) is 15.4. The van der Waals surface area contributed by atoms with E-state index in [1.54, 1.807) is 6.07 Å². The smallest absolute Gasteiger partial charge is 0.303 e. The van der Waals surface area contributed by atoms with Crippen LogP contribution in [0.15, 0.2) is 47.4 Å². The molecule has 6 nitrogen and oxygen atoms in total. The lowest BCUT2D eigenvalue weighted by molar-refractivity contribution is -0.137. The molecule has 32 heavy (non-hydrogen) atoms. The predicted molar refractivity (Wildman–Crippen MR) is 128 cm³/mol. The molecular weight excluding hydrogens is 471 g/mol. The SMILES string of the molecule is O=C(O)CCc1ccc(SCC(=O)NCC2CN(Cc3ccc(Cl)c(Cl)c3)CCO2)cc1. The Hall–Kier alpha value is -1.77. The molecule has 1 fully saturated rings. The van der Waals surface area contributed by atoms with E-state index in [0.717, 1.165) is 35.7 Å². The molecular formula is C23H26Cl2N2O4S. The number of carbonyl (C=O) groups excluding carboxylic acids is 1. The molecule has 3 rings (SSSR count). The maximum Gasteiger partial charge on any atom is 0.303 e. The number of benzene rings is 2. The molecule has 1 atom stereocenters. The highest BCUT2D eigenvalue weighted by molar-refractivity contribution is 8.00.